The quantitative estimate of drug-likeness (QED) is 0.672. The van der Waals surface area contributed by atoms with Gasteiger partial charge in [-0.2, -0.15) is 0 Å². The molecule has 1 aromatic carbocycles. The first-order chi connectivity index (χ1) is 12.3. The first kappa shape index (κ1) is 22.7. The third-order valence-corrected chi connectivity index (χ3v) is 4.86. The Labute approximate surface area is 166 Å². The van der Waals surface area contributed by atoms with E-state index in [2.05, 4.69) is 23.7 Å². The number of nitrogens with zero attached hydrogens (tertiary/aromatic N) is 2. The second-order valence-electron chi connectivity index (χ2n) is 5.92. The van der Waals surface area contributed by atoms with Crippen molar-refractivity contribution < 1.29 is 4.39 Å². The molecule has 1 unspecified atom stereocenters. The van der Waals surface area contributed by atoms with Gasteiger partial charge < -0.3 is 10.2 Å². The van der Waals surface area contributed by atoms with Crippen molar-refractivity contribution in [1.82, 2.24) is 10.2 Å². The third-order valence-electron chi connectivity index (χ3n) is 3.70. The van der Waals surface area contributed by atoms with E-state index in [0.29, 0.717) is 5.02 Å². The van der Waals surface area contributed by atoms with E-state index in [-0.39, 0.29) is 11.9 Å². The summed E-state index contributed by atoms with van der Waals surface area (Å²) in [6.45, 7) is 12.9. The molecule has 0 radical (unpaired) electrons. The van der Waals surface area contributed by atoms with Crippen LogP contribution < -0.4 is 5.32 Å². The average Bonchev–Trinajstić information content (AvgIpc) is 2.58. The number of nitrogens with one attached hydrogen (secondary N) is 1. The fraction of sp³-hybridized carbons (Fsp3) is 0.450. The van der Waals surface area contributed by atoms with E-state index >= 15 is 0 Å². The van der Waals surface area contributed by atoms with Crippen molar-refractivity contribution in [1.29, 1.82) is 0 Å². The van der Waals surface area contributed by atoms with Crippen molar-refractivity contribution in [2.45, 2.75) is 33.7 Å². The number of halogens is 2. The number of aliphatic imine (C=N–C) groups is 1. The summed E-state index contributed by atoms with van der Waals surface area (Å²) >= 11 is 7.95. The van der Waals surface area contributed by atoms with E-state index in [4.69, 9.17) is 16.6 Å². The van der Waals surface area contributed by atoms with Crippen LogP contribution in [0, 0.1) is 5.82 Å². The van der Waals surface area contributed by atoms with Crippen LogP contribution in [0.2, 0.25) is 5.02 Å². The van der Waals surface area contributed by atoms with Gasteiger partial charge in [0.15, 0.2) is 0 Å². The molecule has 144 valence electrons. The van der Waals surface area contributed by atoms with Gasteiger partial charge in [0.1, 0.15) is 17.7 Å². The highest BCUT2D eigenvalue weighted by Gasteiger charge is 2.27. The molecule has 3 nitrogen and oxygen atoms in total. The summed E-state index contributed by atoms with van der Waals surface area (Å²) in [5, 5.41) is 3.74. The monoisotopic (exact) mass is 397 g/mol. The van der Waals surface area contributed by atoms with Crippen LogP contribution in [0.1, 0.15) is 39.3 Å². The minimum absolute atomic E-state index is 0.244. The molecular formula is C20H29ClFN3S. The predicted octanol–water partition coefficient (Wildman–Crippen LogP) is 5.65. The van der Waals surface area contributed by atoms with Gasteiger partial charge in [0.25, 0.3) is 0 Å². The van der Waals surface area contributed by atoms with Crippen LogP contribution in [-0.2, 0) is 0 Å². The maximum atomic E-state index is 13.4. The smallest absolute Gasteiger partial charge is 0.139 e. The Hall–Kier alpha value is -1.30. The third kappa shape index (κ3) is 5.86. The molecule has 1 N–H and O–H groups in total. The Kier molecular flexibility index (Phi) is 9.41. The minimum atomic E-state index is -0.345. The van der Waals surface area contributed by atoms with Crippen molar-refractivity contribution >= 4 is 29.2 Å². The molecule has 0 aliphatic carbocycles. The molecule has 0 saturated heterocycles. The normalized spacial score (nSPS) is 16.7. The summed E-state index contributed by atoms with van der Waals surface area (Å²) < 4.78 is 13.4. The van der Waals surface area contributed by atoms with Crippen LogP contribution in [0.5, 0.6) is 0 Å². The fourth-order valence-corrected chi connectivity index (χ4v) is 3.47. The maximum absolute atomic E-state index is 13.4. The molecule has 2 rings (SSSR count). The highest BCUT2D eigenvalue weighted by atomic mass is 35.5. The van der Waals surface area contributed by atoms with Crippen molar-refractivity contribution in [2.75, 3.05) is 26.4 Å². The molecule has 0 spiro atoms. The lowest BCUT2D eigenvalue weighted by atomic mass is 9.95. The number of allylic oxidation sites excluding steroid dienone is 1. The second-order valence-corrected chi connectivity index (χ2v) is 7.68. The number of amidine groups is 1. The van der Waals surface area contributed by atoms with Crippen molar-refractivity contribution in [2.24, 2.45) is 4.99 Å². The van der Waals surface area contributed by atoms with Crippen molar-refractivity contribution in [3.8, 4) is 0 Å². The van der Waals surface area contributed by atoms with Gasteiger partial charge in [-0.25, -0.2) is 4.39 Å². The van der Waals surface area contributed by atoms with E-state index in [1.54, 1.807) is 17.8 Å². The van der Waals surface area contributed by atoms with Crippen molar-refractivity contribution in [3.63, 3.8) is 0 Å². The highest BCUT2D eigenvalue weighted by molar-refractivity contribution is 8.03. The van der Waals surface area contributed by atoms with Gasteiger partial charge in [0, 0.05) is 22.2 Å². The number of rotatable bonds is 6. The summed E-state index contributed by atoms with van der Waals surface area (Å²) in [6, 6.07) is 4.24. The molecule has 1 aliphatic rings. The van der Waals surface area contributed by atoms with E-state index < -0.39 is 0 Å². The molecule has 1 heterocycles. The van der Waals surface area contributed by atoms with Crippen LogP contribution in [0.3, 0.4) is 0 Å². The van der Waals surface area contributed by atoms with E-state index in [9.17, 15) is 4.39 Å². The van der Waals surface area contributed by atoms with E-state index in [1.165, 1.54) is 12.1 Å². The zero-order chi connectivity index (χ0) is 19.9. The van der Waals surface area contributed by atoms with Gasteiger partial charge in [-0.05, 0) is 50.0 Å². The van der Waals surface area contributed by atoms with Crippen LogP contribution >= 0.6 is 23.4 Å². The molecule has 26 heavy (non-hydrogen) atoms. The van der Waals surface area contributed by atoms with Crippen LogP contribution in [0.15, 0.2) is 45.9 Å². The number of hydrogen-bond acceptors (Lipinski definition) is 4. The molecule has 0 amide bonds. The summed E-state index contributed by atoms with van der Waals surface area (Å²) in [7, 11) is 4.02. The standard InChI is InChI=1S/C18H23ClFN3S.C2H6/c1-6-24-12(3)18-21-11(2)15(10-23(4)5)17(22-18)14-8-7-13(20)9-16(14)19;1-2/h7-9,17H,3,6,10H2,1-2,4-5H3,(H,21,22);1-2H3. The Balaban J connectivity index is 0.00000163. The number of likely N-dealkylation sites (N-methyl/N-ethyl adjacent to an activating group) is 1. The molecule has 0 aromatic heterocycles. The fourth-order valence-electron chi connectivity index (χ4n) is 2.61. The lowest BCUT2D eigenvalue weighted by molar-refractivity contribution is 0.429. The Bertz CT molecular complexity index is 698. The summed E-state index contributed by atoms with van der Waals surface area (Å²) in [5.41, 5.74) is 2.96. The van der Waals surface area contributed by atoms with Gasteiger partial charge in [-0.3, -0.25) is 4.99 Å². The Morgan fingerprint density at radius 3 is 2.58 bits per heavy atom. The molecule has 1 atom stereocenters. The zero-order valence-electron chi connectivity index (χ0n) is 16.5. The van der Waals surface area contributed by atoms with Gasteiger partial charge in [-0.1, -0.05) is 45.0 Å². The van der Waals surface area contributed by atoms with Crippen LogP contribution in [0.4, 0.5) is 4.39 Å². The van der Waals surface area contributed by atoms with Crippen LogP contribution in [-0.4, -0.2) is 37.1 Å². The molecule has 0 bridgehead atoms. The van der Waals surface area contributed by atoms with Gasteiger partial charge >= 0.3 is 0 Å². The molecule has 0 saturated carbocycles. The lowest BCUT2D eigenvalue weighted by Gasteiger charge is -2.30. The summed E-state index contributed by atoms with van der Waals surface area (Å²) in [4.78, 5) is 7.82. The lowest BCUT2D eigenvalue weighted by Crippen LogP contribution is -2.33. The summed E-state index contributed by atoms with van der Waals surface area (Å²) in [5.74, 6) is 1.34. The highest BCUT2D eigenvalue weighted by Crippen LogP contribution is 2.36. The van der Waals surface area contributed by atoms with Gasteiger partial charge in [0.05, 0.1) is 0 Å². The molecular weight excluding hydrogens is 369 g/mol. The topological polar surface area (TPSA) is 27.6 Å². The Morgan fingerprint density at radius 1 is 1.38 bits per heavy atom. The largest absolute Gasteiger partial charge is 0.343 e. The predicted molar refractivity (Wildman–Crippen MR) is 115 cm³/mol. The van der Waals surface area contributed by atoms with Gasteiger partial charge in [-0.15, -0.1) is 11.8 Å². The van der Waals surface area contributed by atoms with Crippen molar-refractivity contribution in [3.05, 3.63) is 57.4 Å². The van der Waals surface area contributed by atoms with Crippen LogP contribution in [0.25, 0.3) is 0 Å². The zero-order valence-corrected chi connectivity index (χ0v) is 18.1. The van der Waals surface area contributed by atoms with E-state index in [0.717, 1.165) is 39.9 Å². The number of benzene rings is 1. The molecule has 6 heteroatoms. The second kappa shape index (κ2) is 10.8. The SMILES string of the molecule is C=C(SCC)C1=NC(c2ccc(F)cc2Cl)C(CN(C)C)=C(C)N1.CC. The van der Waals surface area contributed by atoms with E-state index in [1.807, 2.05) is 34.9 Å². The number of thioether (sulfide) groups is 1. The average molecular weight is 398 g/mol. The molecule has 0 fully saturated rings. The first-order valence-corrected chi connectivity index (χ1v) is 10.2. The molecule has 1 aliphatic heterocycles. The Morgan fingerprint density at radius 2 is 2.04 bits per heavy atom. The number of hydrogen-bond donors (Lipinski definition) is 1. The van der Waals surface area contributed by atoms with Gasteiger partial charge in [0.2, 0.25) is 0 Å². The minimum Gasteiger partial charge on any atom is -0.343 e. The molecule has 1 aromatic rings. The maximum Gasteiger partial charge on any atom is 0.139 e. The first-order valence-electron chi connectivity index (χ1n) is 8.79. The summed E-state index contributed by atoms with van der Waals surface area (Å²) in [6.07, 6.45) is 0.